The molecule has 0 saturated carbocycles. The Morgan fingerprint density at radius 3 is 2.78 bits per heavy atom. The molecular formula is C18H13ClF3N3OS. The minimum absolute atomic E-state index is 0.00753. The fraction of sp³-hybridized carbons (Fsp3) is 0.222. The van der Waals surface area contributed by atoms with Gasteiger partial charge in [-0.2, -0.15) is 13.2 Å². The van der Waals surface area contributed by atoms with Gasteiger partial charge in [-0.25, -0.2) is 4.98 Å². The number of hydrogen-bond donors (Lipinski definition) is 2. The van der Waals surface area contributed by atoms with Crippen LogP contribution in [0.5, 0.6) is 0 Å². The summed E-state index contributed by atoms with van der Waals surface area (Å²) in [6, 6.07) is 4.71. The highest BCUT2D eigenvalue weighted by atomic mass is 35.5. The number of rotatable bonds is 2. The van der Waals surface area contributed by atoms with Gasteiger partial charge in [0.25, 0.3) is 5.91 Å². The third-order valence-corrected chi connectivity index (χ3v) is 5.94. The predicted molar refractivity (Wildman–Crippen MR) is 100 cm³/mol. The Morgan fingerprint density at radius 2 is 2.04 bits per heavy atom. The predicted octanol–water partition coefficient (Wildman–Crippen LogP) is 5.29. The van der Waals surface area contributed by atoms with Gasteiger partial charge in [0.1, 0.15) is 9.71 Å². The maximum Gasteiger partial charge on any atom is 0.416 e. The first-order valence-corrected chi connectivity index (χ1v) is 9.32. The van der Waals surface area contributed by atoms with Crippen LogP contribution in [0.25, 0.3) is 10.2 Å². The van der Waals surface area contributed by atoms with Crippen molar-refractivity contribution in [3.05, 3.63) is 51.0 Å². The van der Waals surface area contributed by atoms with Crippen LogP contribution >= 0.6 is 22.9 Å². The molecule has 1 aliphatic carbocycles. The monoisotopic (exact) mass is 411 g/mol. The van der Waals surface area contributed by atoms with E-state index < -0.39 is 17.6 Å². The third-order valence-electron chi connectivity index (χ3n) is 4.50. The number of pyridine rings is 1. The van der Waals surface area contributed by atoms with Gasteiger partial charge in [-0.05, 0) is 49.1 Å². The molecule has 4 nitrogen and oxygen atoms in total. The van der Waals surface area contributed by atoms with Crippen LogP contribution in [0.4, 0.5) is 24.5 Å². The summed E-state index contributed by atoms with van der Waals surface area (Å²) in [6.07, 6.45) is -1.68. The van der Waals surface area contributed by atoms with Gasteiger partial charge in [0.15, 0.2) is 0 Å². The summed E-state index contributed by atoms with van der Waals surface area (Å²) in [7, 11) is 0. The third kappa shape index (κ3) is 3.23. The van der Waals surface area contributed by atoms with Crippen LogP contribution in [-0.2, 0) is 19.0 Å². The van der Waals surface area contributed by atoms with Gasteiger partial charge in [-0.15, -0.1) is 11.3 Å². The van der Waals surface area contributed by atoms with E-state index in [-0.39, 0.29) is 21.3 Å². The quantitative estimate of drug-likeness (QED) is 0.602. The number of amides is 1. The molecule has 0 unspecified atom stereocenters. The molecular weight excluding hydrogens is 399 g/mol. The standard InChI is InChI=1S/C18H13ClF3N3OS/c19-11-5-4-9(18(20,21)22)7-13(11)24-16(26)15-14(23)10-6-8-2-1-3-12(8)25-17(10)27-15/h4-7H,1-3,23H2,(H,24,26). The van der Waals surface area contributed by atoms with Gasteiger partial charge in [-0.1, -0.05) is 11.6 Å². The van der Waals surface area contributed by atoms with Crippen molar-refractivity contribution in [2.24, 2.45) is 0 Å². The summed E-state index contributed by atoms with van der Waals surface area (Å²) in [4.78, 5) is 18.0. The second kappa shape index (κ2) is 6.38. The van der Waals surface area contributed by atoms with E-state index >= 15 is 0 Å². The summed E-state index contributed by atoms with van der Waals surface area (Å²) in [5.41, 5.74) is 7.51. The molecule has 0 spiro atoms. The number of thiophene rings is 1. The van der Waals surface area contributed by atoms with Gasteiger partial charge < -0.3 is 11.1 Å². The highest BCUT2D eigenvalue weighted by Gasteiger charge is 2.31. The van der Waals surface area contributed by atoms with Gasteiger partial charge in [-0.3, -0.25) is 4.79 Å². The largest absolute Gasteiger partial charge is 0.416 e. The molecule has 1 aliphatic rings. The lowest BCUT2D eigenvalue weighted by Gasteiger charge is -2.11. The van der Waals surface area contributed by atoms with E-state index in [9.17, 15) is 18.0 Å². The first-order chi connectivity index (χ1) is 12.7. The number of carbonyl (C=O) groups excluding carboxylic acids is 1. The molecule has 3 N–H and O–H groups in total. The number of alkyl halides is 3. The number of nitrogens with zero attached hydrogens (tertiary/aromatic N) is 1. The van der Waals surface area contributed by atoms with Crippen molar-refractivity contribution in [1.82, 2.24) is 4.98 Å². The minimum atomic E-state index is -4.54. The van der Waals surface area contributed by atoms with Gasteiger partial charge in [0.2, 0.25) is 0 Å². The Balaban J connectivity index is 1.69. The number of carbonyl (C=O) groups is 1. The first-order valence-electron chi connectivity index (χ1n) is 8.13. The van der Waals surface area contributed by atoms with Gasteiger partial charge in [0, 0.05) is 11.1 Å². The van der Waals surface area contributed by atoms with Crippen molar-refractivity contribution in [2.45, 2.75) is 25.4 Å². The topological polar surface area (TPSA) is 68.0 Å². The maximum absolute atomic E-state index is 12.9. The van der Waals surface area contributed by atoms with Crippen molar-refractivity contribution in [3.63, 3.8) is 0 Å². The van der Waals surface area contributed by atoms with E-state index in [1.165, 1.54) is 0 Å². The zero-order valence-corrected chi connectivity index (χ0v) is 15.4. The lowest BCUT2D eigenvalue weighted by molar-refractivity contribution is -0.137. The van der Waals surface area contributed by atoms with E-state index in [1.54, 1.807) is 0 Å². The molecule has 3 aromatic rings. The van der Waals surface area contributed by atoms with Crippen LogP contribution in [0.15, 0.2) is 24.3 Å². The molecule has 0 aliphatic heterocycles. The Hall–Kier alpha value is -2.32. The van der Waals surface area contributed by atoms with E-state index in [2.05, 4.69) is 10.3 Å². The molecule has 9 heteroatoms. The summed E-state index contributed by atoms with van der Waals surface area (Å²) < 4.78 is 38.7. The van der Waals surface area contributed by atoms with Crippen LogP contribution in [0.2, 0.25) is 5.02 Å². The fourth-order valence-corrected chi connectivity index (χ4v) is 4.30. The van der Waals surface area contributed by atoms with Crippen molar-refractivity contribution in [2.75, 3.05) is 11.1 Å². The summed E-state index contributed by atoms with van der Waals surface area (Å²) in [5, 5.41) is 3.13. The zero-order valence-electron chi connectivity index (χ0n) is 13.8. The highest BCUT2D eigenvalue weighted by Crippen LogP contribution is 2.37. The van der Waals surface area contributed by atoms with E-state index in [0.717, 1.165) is 60.1 Å². The Morgan fingerprint density at radius 1 is 1.26 bits per heavy atom. The van der Waals surface area contributed by atoms with Crippen LogP contribution in [-0.4, -0.2) is 10.9 Å². The number of anilines is 2. The molecule has 2 aromatic heterocycles. The molecule has 2 heterocycles. The molecule has 0 fully saturated rings. The number of aromatic nitrogens is 1. The smallest absolute Gasteiger partial charge is 0.397 e. The Bertz CT molecular complexity index is 1080. The summed E-state index contributed by atoms with van der Waals surface area (Å²) in [5.74, 6) is -0.614. The van der Waals surface area contributed by atoms with E-state index in [4.69, 9.17) is 17.3 Å². The second-order valence-electron chi connectivity index (χ2n) is 6.29. The fourth-order valence-electron chi connectivity index (χ4n) is 3.14. The number of benzene rings is 1. The van der Waals surface area contributed by atoms with Crippen LogP contribution in [0.3, 0.4) is 0 Å². The molecule has 27 heavy (non-hydrogen) atoms. The van der Waals surface area contributed by atoms with Gasteiger partial charge >= 0.3 is 6.18 Å². The number of aryl methyl sites for hydroxylation is 2. The van der Waals surface area contributed by atoms with Crippen LogP contribution in [0, 0.1) is 0 Å². The maximum atomic E-state index is 12.9. The SMILES string of the molecule is Nc1c(C(=O)Nc2cc(C(F)(F)F)ccc2Cl)sc2nc3c(cc12)CCC3. The molecule has 0 atom stereocenters. The summed E-state index contributed by atoms with van der Waals surface area (Å²) >= 11 is 7.06. The molecule has 1 amide bonds. The number of nitrogen functional groups attached to an aromatic ring is 1. The van der Waals surface area contributed by atoms with E-state index in [1.807, 2.05) is 6.07 Å². The molecule has 4 rings (SSSR count). The number of nitrogens with one attached hydrogen (secondary N) is 1. The number of hydrogen-bond acceptors (Lipinski definition) is 4. The molecule has 0 bridgehead atoms. The molecule has 1 aromatic carbocycles. The average Bonchev–Trinajstić information content (AvgIpc) is 3.18. The van der Waals surface area contributed by atoms with Crippen LogP contribution < -0.4 is 11.1 Å². The minimum Gasteiger partial charge on any atom is -0.397 e. The number of nitrogens with two attached hydrogens (primary N) is 1. The first kappa shape index (κ1) is 18.1. The second-order valence-corrected chi connectivity index (χ2v) is 7.70. The molecule has 0 saturated heterocycles. The van der Waals surface area contributed by atoms with Crippen LogP contribution in [0.1, 0.15) is 32.9 Å². The Kier molecular flexibility index (Phi) is 4.27. The van der Waals surface area contributed by atoms with Crippen molar-refractivity contribution in [1.29, 1.82) is 0 Å². The number of fused-ring (bicyclic) bond motifs is 2. The highest BCUT2D eigenvalue weighted by molar-refractivity contribution is 7.21. The lowest BCUT2D eigenvalue weighted by Crippen LogP contribution is -2.13. The van der Waals surface area contributed by atoms with Gasteiger partial charge in [0.05, 0.1) is 22.0 Å². The van der Waals surface area contributed by atoms with Crippen molar-refractivity contribution < 1.29 is 18.0 Å². The normalized spacial score (nSPS) is 13.8. The molecule has 140 valence electrons. The van der Waals surface area contributed by atoms with Crippen molar-refractivity contribution in [3.8, 4) is 0 Å². The molecule has 0 radical (unpaired) electrons. The number of halogens is 4. The average molecular weight is 412 g/mol. The summed E-state index contributed by atoms with van der Waals surface area (Å²) in [6.45, 7) is 0. The zero-order chi connectivity index (χ0) is 19.3. The Labute approximate surface area is 161 Å². The van der Waals surface area contributed by atoms with E-state index in [0.29, 0.717) is 10.2 Å². The van der Waals surface area contributed by atoms with Crippen molar-refractivity contribution >= 4 is 50.4 Å². The lowest BCUT2D eigenvalue weighted by atomic mass is 10.1.